The smallest absolute Gasteiger partial charge is 0.241 e. The van der Waals surface area contributed by atoms with Gasteiger partial charge in [-0.1, -0.05) is 23.2 Å². The Kier molecular flexibility index (Phi) is 4.23. The lowest BCUT2D eigenvalue weighted by atomic mass is 10.2. The van der Waals surface area contributed by atoms with E-state index in [1.807, 2.05) is 14.0 Å². The standard InChI is InChI=1S/C13H17Cl2N3O/c1-7(18(2)9-3-4-9)13(19)17-12-10(14)5-8(16)6-11(12)15/h5-7,9H,3-4,16H2,1-2H3,(H,17,19). The Balaban J connectivity index is 2.10. The highest BCUT2D eigenvalue weighted by atomic mass is 35.5. The highest BCUT2D eigenvalue weighted by molar-refractivity contribution is 6.40. The normalized spacial score (nSPS) is 16.5. The Bertz CT molecular complexity index is 480. The van der Waals surface area contributed by atoms with Crippen molar-refractivity contribution in [2.75, 3.05) is 18.1 Å². The topological polar surface area (TPSA) is 58.4 Å². The molecule has 1 amide bonds. The number of nitrogens with two attached hydrogens (primary N) is 1. The van der Waals surface area contributed by atoms with Gasteiger partial charge >= 0.3 is 0 Å². The van der Waals surface area contributed by atoms with E-state index in [0.29, 0.717) is 27.5 Å². The van der Waals surface area contributed by atoms with E-state index < -0.39 is 0 Å². The maximum absolute atomic E-state index is 12.2. The van der Waals surface area contributed by atoms with Crippen LogP contribution < -0.4 is 11.1 Å². The van der Waals surface area contributed by atoms with E-state index in [1.165, 1.54) is 0 Å². The molecule has 0 heterocycles. The first kappa shape index (κ1) is 14.4. The number of hydrogen-bond acceptors (Lipinski definition) is 3. The molecule has 2 rings (SSSR count). The van der Waals surface area contributed by atoms with Gasteiger partial charge in [0.15, 0.2) is 0 Å². The number of amides is 1. The highest BCUT2D eigenvalue weighted by Crippen LogP contribution is 2.33. The molecule has 0 bridgehead atoms. The molecule has 1 aliphatic rings. The zero-order valence-electron chi connectivity index (χ0n) is 10.9. The Morgan fingerprint density at radius 1 is 1.42 bits per heavy atom. The van der Waals surface area contributed by atoms with Crippen LogP contribution in [0, 0.1) is 0 Å². The van der Waals surface area contributed by atoms with Gasteiger partial charge in [-0.05, 0) is 38.9 Å². The summed E-state index contributed by atoms with van der Waals surface area (Å²) in [6.07, 6.45) is 2.30. The fraction of sp³-hybridized carbons (Fsp3) is 0.462. The predicted octanol–water partition coefficient (Wildman–Crippen LogP) is 3.00. The van der Waals surface area contributed by atoms with Crippen LogP contribution in [-0.4, -0.2) is 29.9 Å². The van der Waals surface area contributed by atoms with Crippen LogP contribution in [0.5, 0.6) is 0 Å². The average Bonchev–Trinajstić information content (AvgIpc) is 3.15. The van der Waals surface area contributed by atoms with Gasteiger partial charge in [-0.3, -0.25) is 9.69 Å². The number of nitrogens with one attached hydrogen (secondary N) is 1. The zero-order valence-corrected chi connectivity index (χ0v) is 12.4. The van der Waals surface area contributed by atoms with Gasteiger partial charge in [-0.25, -0.2) is 0 Å². The fourth-order valence-corrected chi connectivity index (χ4v) is 2.52. The van der Waals surface area contributed by atoms with Crippen LogP contribution in [0.4, 0.5) is 11.4 Å². The molecule has 1 aromatic rings. The maximum Gasteiger partial charge on any atom is 0.241 e. The van der Waals surface area contributed by atoms with E-state index in [-0.39, 0.29) is 11.9 Å². The summed E-state index contributed by atoms with van der Waals surface area (Å²) in [5.41, 5.74) is 6.51. The second-order valence-electron chi connectivity index (χ2n) is 4.92. The van der Waals surface area contributed by atoms with Gasteiger partial charge < -0.3 is 11.1 Å². The monoisotopic (exact) mass is 301 g/mol. The molecule has 0 spiro atoms. The number of benzene rings is 1. The van der Waals surface area contributed by atoms with E-state index in [9.17, 15) is 4.79 Å². The van der Waals surface area contributed by atoms with Crippen LogP contribution in [-0.2, 0) is 4.79 Å². The average molecular weight is 302 g/mol. The van der Waals surface area contributed by atoms with Crippen molar-refractivity contribution < 1.29 is 4.79 Å². The van der Waals surface area contributed by atoms with Crippen molar-refractivity contribution in [3.63, 3.8) is 0 Å². The van der Waals surface area contributed by atoms with Gasteiger partial charge in [0, 0.05) is 11.7 Å². The first-order valence-electron chi connectivity index (χ1n) is 6.17. The molecule has 0 saturated heterocycles. The first-order chi connectivity index (χ1) is 8.90. The van der Waals surface area contributed by atoms with Gasteiger partial charge in [-0.15, -0.1) is 0 Å². The van der Waals surface area contributed by atoms with Gasteiger partial charge in [0.1, 0.15) is 0 Å². The maximum atomic E-state index is 12.2. The number of carbonyl (C=O) groups is 1. The first-order valence-corrected chi connectivity index (χ1v) is 6.93. The van der Waals surface area contributed by atoms with E-state index in [0.717, 1.165) is 12.8 Å². The van der Waals surface area contributed by atoms with Crippen LogP contribution in [0.3, 0.4) is 0 Å². The second kappa shape index (κ2) is 5.57. The summed E-state index contributed by atoms with van der Waals surface area (Å²) in [5, 5.41) is 3.46. The van der Waals surface area contributed by atoms with Crippen LogP contribution in [0.15, 0.2) is 12.1 Å². The minimum atomic E-state index is -0.225. The number of halogens is 2. The van der Waals surface area contributed by atoms with Gasteiger partial charge in [0.05, 0.1) is 21.8 Å². The molecule has 0 aromatic heterocycles. The summed E-state index contributed by atoms with van der Waals surface area (Å²) in [6.45, 7) is 1.87. The second-order valence-corrected chi connectivity index (χ2v) is 5.74. The molecular formula is C13H17Cl2N3O. The molecule has 1 aromatic carbocycles. The molecule has 0 radical (unpaired) electrons. The lowest BCUT2D eigenvalue weighted by molar-refractivity contribution is -0.120. The molecule has 19 heavy (non-hydrogen) atoms. The minimum absolute atomic E-state index is 0.122. The van der Waals surface area contributed by atoms with Crippen LogP contribution in [0.25, 0.3) is 0 Å². The molecule has 1 aliphatic carbocycles. The molecular weight excluding hydrogens is 285 g/mol. The minimum Gasteiger partial charge on any atom is -0.399 e. The van der Waals surface area contributed by atoms with Crippen molar-refractivity contribution in [3.8, 4) is 0 Å². The number of rotatable bonds is 4. The summed E-state index contributed by atoms with van der Waals surface area (Å²) in [4.78, 5) is 14.2. The van der Waals surface area contributed by atoms with Crippen molar-refractivity contribution >= 4 is 40.5 Å². The van der Waals surface area contributed by atoms with Crippen molar-refractivity contribution in [1.82, 2.24) is 4.90 Å². The number of likely N-dealkylation sites (N-methyl/N-ethyl adjacent to an activating group) is 1. The third-order valence-electron chi connectivity index (χ3n) is 3.43. The van der Waals surface area contributed by atoms with Crippen LogP contribution >= 0.6 is 23.2 Å². The van der Waals surface area contributed by atoms with Crippen LogP contribution in [0.2, 0.25) is 10.0 Å². The van der Waals surface area contributed by atoms with E-state index in [1.54, 1.807) is 12.1 Å². The number of carbonyl (C=O) groups excluding carboxylic acids is 1. The molecule has 0 aliphatic heterocycles. The van der Waals surface area contributed by atoms with E-state index in [4.69, 9.17) is 28.9 Å². The Labute approximate surface area is 122 Å². The number of anilines is 2. The molecule has 1 fully saturated rings. The summed E-state index contributed by atoms with van der Waals surface area (Å²) < 4.78 is 0. The Hall–Kier alpha value is -0.970. The zero-order chi connectivity index (χ0) is 14.2. The predicted molar refractivity (Wildman–Crippen MR) is 79.8 cm³/mol. The van der Waals surface area contributed by atoms with E-state index in [2.05, 4.69) is 10.2 Å². The largest absolute Gasteiger partial charge is 0.399 e. The lowest BCUT2D eigenvalue weighted by Gasteiger charge is -2.24. The number of hydrogen-bond donors (Lipinski definition) is 2. The van der Waals surface area contributed by atoms with Crippen molar-refractivity contribution in [3.05, 3.63) is 22.2 Å². The highest BCUT2D eigenvalue weighted by Gasteiger charge is 2.32. The third-order valence-corrected chi connectivity index (χ3v) is 4.02. The molecule has 1 atom stereocenters. The summed E-state index contributed by atoms with van der Waals surface area (Å²) in [7, 11) is 1.95. The number of nitrogens with zero attached hydrogens (tertiary/aromatic N) is 1. The van der Waals surface area contributed by atoms with Gasteiger partial charge in [0.2, 0.25) is 5.91 Å². The fourth-order valence-electron chi connectivity index (χ4n) is 1.92. The van der Waals surface area contributed by atoms with Crippen molar-refractivity contribution in [2.45, 2.75) is 31.8 Å². The van der Waals surface area contributed by atoms with Gasteiger partial charge in [-0.2, -0.15) is 0 Å². The van der Waals surface area contributed by atoms with Crippen molar-refractivity contribution in [1.29, 1.82) is 0 Å². The molecule has 6 heteroatoms. The van der Waals surface area contributed by atoms with Crippen LogP contribution in [0.1, 0.15) is 19.8 Å². The summed E-state index contributed by atoms with van der Waals surface area (Å²) >= 11 is 12.1. The summed E-state index contributed by atoms with van der Waals surface area (Å²) in [5.74, 6) is -0.122. The third kappa shape index (κ3) is 3.32. The van der Waals surface area contributed by atoms with Gasteiger partial charge in [0.25, 0.3) is 0 Å². The SMILES string of the molecule is CC(C(=O)Nc1c(Cl)cc(N)cc1Cl)N(C)C1CC1. The van der Waals surface area contributed by atoms with E-state index >= 15 is 0 Å². The lowest BCUT2D eigenvalue weighted by Crippen LogP contribution is -2.40. The Morgan fingerprint density at radius 2 is 1.95 bits per heavy atom. The molecule has 104 valence electrons. The molecule has 1 saturated carbocycles. The Morgan fingerprint density at radius 3 is 2.42 bits per heavy atom. The molecule has 4 nitrogen and oxygen atoms in total. The quantitative estimate of drug-likeness (QED) is 0.841. The molecule has 3 N–H and O–H groups in total. The summed E-state index contributed by atoms with van der Waals surface area (Å²) in [6, 6.07) is 3.42. The number of nitrogen functional groups attached to an aromatic ring is 1. The molecule has 1 unspecified atom stereocenters. The van der Waals surface area contributed by atoms with Crippen molar-refractivity contribution in [2.24, 2.45) is 0 Å².